The van der Waals surface area contributed by atoms with Gasteiger partial charge in [0.25, 0.3) is 0 Å². The number of nitrogens with two attached hydrogens (primary N) is 1. The quantitative estimate of drug-likeness (QED) is 0.173. The van der Waals surface area contributed by atoms with E-state index >= 15 is 0 Å². The van der Waals surface area contributed by atoms with Crippen molar-refractivity contribution in [1.29, 1.82) is 5.26 Å². The van der Waals surface area contributed by atoms with Gasteiger partial charge in [-0.25, -0.2) is 9.18 Å². The molecule has 1 unspecified atom stereocenters. The van der Waals surface area contributed by atoms with E-state index in [0.29, 0.717) is 33.8 Å². The largest absolute Gasteiger partial charge is 0.489 e. The first-order valence-electron chi connectivity index (χ1n) is 13.2. The number of carbonyl (C=O) groups is 1. The van der Waals surface area contributed by atoms with Crippen molar-refractivity contribution in [3.8, 4) is 23.3 Å². The maximum absolute atomic E-state index is 13.9. The lowest BCUT2D eigenvalue weighted by molar-refractivity contribution is 0.0702. The lowest BCUT2D eigenvalue weighted by Gasteiger charge is -2.26. The van der Waals surface area contributed by atoms with Crippen molar-refractivity contribution in [2.45, 2.75) is 26.4 Å². The van der Waals surface area contributed by atoms with Gasteiger partial charge in [0.1, 0.15) is 46.9 Å². The van der Waals surface area contributed by atoms with Crippen LogP contribution in [0, 0.1) is 31.0 Å². The summed E-state index contributed by atoms with van der Waals surface area (Å²) < 4.78 is 36.9. The molecule has 0 radical (unpaired) electrons. The minimum atomic E-state index is -0.638. The predicted molar refractivity (Wildman–Crippen MR) is 154 cm³/mol. The summed E-state index contributed by atoms with van der Waals surface area (Å²) in [7, 11) is 0. The van der Waals surface area contributed by atoms with Gasteiger partial charge in [0.05, 0.1) is 5.92 Å². The fourth-order valence-corrected chi connectivity index (χ4v) is 5.06. The average molecular weight is 561 g/mol. The minimum absolute atomic E-state index is 0.0399. The molecule has 0 spiro atoms. The number of nitrogens with zero attached hydrogens (tertiary/aromatic N) is 1. The summed E-state index contributed by atoms with van der Waals surface area (Å²) in [6.07, 6.45) is 0. The Morgan fingerprint density at radius 3 is 2.52 bits per heavy atom. The molecule has 5 aromatic rings. The smallest absolute Gasteiger partial charge is 0.379 e. The molecule has 0 bridgehead atoms. The third-order valence-corrected chi connectivity index (χ3v) is 7.24. The van der Waals surface area contributed by atoms with Crippen LogP contribution in [-0.2, 0) is 6.61 Å². The molecular weight excluding hydrogens is 535 g/mol. The van der Waals surface area contributed by atoms with Crippen molar-refractivity contribution in [1.82, 2.24) is 0 Å². The van der Waals surface area contributed by atoms with Crippen LogP contribution in [0.15, 0.2) is 101 Å². The number of rotatable bonds is 6. The Kier molecular flexibility index (Phi) is 6.85. The molecule has 2 heterocycles. The lowest BCUT2D eigenvalue weighted by atomic mass is 9.83. The van der Waals surface area contributed by atoms with E-state index in [9.17, 15) is 14.4 Å². The Bertz CT molecular complexity index is 1920. The number of esters is 1. The highest BCUT2D eigenvalue weighted by Gasteiger charge is 2.31. The molecule has 208 valence electrons. The van der Waals surface area contributed by atoms with E-state index in [1.807, 2.05) is 44.2 Å². The van der Waals surface area contributed by atoms with Crippen LogP contribution in [0.1, 0.15) is 44.3 Å². The predicted octanol–water partition coefficient (Wildman–Crippen LogP) is 7.21. The molecule has 1 aliphatic heterocycles. The summed E-state index contributed by atoms with van der Waals surface area (Å²) in [6.45, 7) is 3.86. The van der Waals surface area contributed by atoms with Crippen LogP contribution in [-0.4, -0.2) is 5.97 Å². The Morgan fingerprint density at radius 2 is 1.76 bits per heavy atom. The molecule has 2 N–H and O–H groups in total. The van der Waals surface area contributed by atoms with Gasteiger partial charge in [-0.3, -0.25) is 0 Å². The zero-order valence-corrected chi connectivity index (χ0v) is 22.8. The molecule has 6 rings (SSSR count). The van der Waals surface area contributed by atoms with Crippen molar-refractivity contribution < 1.29 is 27.8 Å². The Labute approximate surface area is 241 Å². The van der Waals surface area contributed by atoms with Crippen molar-refractivity contribution in [2.24, 2.45) is 5.73 Å². The minimum Gasteiger partial charge on any atom is -0.489 e. The second-order valence-electron chi connectivity index (χ2n) is 10.0. The highest BCUT2D eigenvalue weighted by Crippen LogP contribution is 2.44. The maximum Gasteiger partial charge on any atom is 0.379 e. The number of ether oxygens (including phenoxy) is 3. The first kappa shape index (κ1) is 26.7. The van der Waals surface area contributed by atoms with Crippen molar-refractivity contribution in [3.05, 3.63) is 136 Å². The molecule has 1 aromatic heterocycles. The third-order valence-electron chi connectivity index (χ3n) is 7.24. The molecule has 7 nitrogen and oxygen atoms in total. The Hall–Kier alpha value is -5.55. The zero-order valence-electron chi connectivity index (χ0n) is 22.8. The molecule has 0 saturated heterocycles. The highest BCUT2D eigenvalue weighted by molar-refractivity contribution is 5.97. The number of hydrogen-bond donors (Lipinski definition) is 1. The Morgan fingerprint density at radius 1 is 1.00 bits per heavy atom. The van der Waals surface area contributed by atoms with Gasteiger partial charge >= 0.3 is 5.97 Å². The Balaban J connectivity index is 1.25. The van der Waals surface area contributed by atoms with Gasteiger partial charge < -0.3 is 24.4 Å². The average Bonchev–Trinajstić information content (AvgIpc) is 3.31. The number of halogens is 1. The number of fused-ring (bicyclic) bond motifs is 2. The lowest BCUT2D eigenvalue weighted by Crippen LogP contribution is -2.21. The monoisotopic (exact) mass is 560 g/mol. The first-order chi connectivity index (χ1) is 20.3. The fraction of sp³-hybridized carbons (Fsp3) is 0.118. The number of nitriles is 1. The molecule has 4 aromatic carbocycles. The fourth-order valence-electron chi connectivity index (χ4n) is 5.06. The molecule has 1 atom stereocenters. The van der Waals surface area contributed by atoms with E-state index in [0.717, 1.165) is 16.5 Å². The van der Waals surface area contributed by atoms with Gasteiger partial charge in [0.2, 0.25) is 11.6 Å². The molecule has 1 aliphatic rings. The van der Waals surface area contributed by atoms with Gasteiger partial charge in [-0.05, 0) is 55.8 Å². The molecular formula is C34H25FN2O5. The van der Waals surface area contributed by atoms with Crippen LogP contribution in [0.5, 0.6) is 17.2 Å². The normalized spacial score (nSPS) is 14.2. The van der Waals surface area contributed by atoms with Crippen molar-refractivity contribution >= 4 is 16.9 Å². The van der Waals surface area contributed by atoms with Crippen LogP contribution in [0.2, 0.25) is 0 Å². The molecule has 42 heavy (non-hydrogen) atoms. The molecule has 0 amide bonds. The summed E-state index contributed by atoms with van der Waals surface area (Å²) in [5.74, 6) is -0.274. The summed E-state index contributed by atoms with van der Waals surface area (Å²) in [6, 6.07) is 26.4. The number of hydrogen-bond acceptors (Lipinski definition) is 7. The number of carbonyl (C=O) groups excluding carboxylic acids is 1. The standard InChI is InChI=1S/C34H25FN2O5/c1-19-7-14-29-26(15-19)20(2)32(41-29)34(38)40-24-12-13-25-30(16-24)42-33(37)27(17-36)31(25)21-8-10-23(11-9-21)39-18-22-5-3-4-6-28(22)35/h3-16,31H,18,37H2,1-2H3. The maximum atomic E-state index is 13.9. The van der Waals surface area contributed by atoms with Crippen LogP contribution < -0.4 is 19.9 Å². The van der Waals surface area contributed by atoms with E-state index in [4.69, 9.17) is 24.4 Å². The van der Waals surface area contributed by atoms with Crippen LogP contribution in [0.3, 0.4) is 0 Å². The first-order valence-corrected chi connectivity index (χ1v) is 13.2. The summed E-state index contributed by atoms with van der Waals surface area (Å²) in [4.78, 5) is 13.0. The van der Waals surface area contributed by atoms with E-state index in [2.05, 4.69) is 6.07 Å². The number of furan rings is 1. The second kappa shape index (κ2) is 10.8. The number of aryl methyl sites for hydroxylation is 2. The van der Waals surface area contributed by atoms with Crippen molar-refractivity contribution in [2.75, 3.05) is 0 Å². The molecule has 8 heteroatoms. The third kappa shape index (κ3) is 4.93. The van der Waals surface area contributed by atoms with E-state index < -0.39 is 11.9 Å². The van der Waals surface area contributed by atoms with E-state index in [1.165, 1.54) is 6.07 Å². The second-order valence-corrected chi connectivity index (χ2v) is 10.0. The summed E-state index contributed by atoms with van der Waals surface area (Å²) >= 11 is 0. The van der Waals surface area contributed by atoms with Crippen LogP contribution in [0.4, 0.5) is 4.39 Å². The molecule has 0 saturated carbocycles. The molecule has 0 aliphatic carbocycles. The van der Waals surface area contributed by atoms with Gasteiger partial charge in [0, 0.05) is 28.1 Å². The zero-order chi connectivity index (χ0) is 29.4. The van der Waals surface area contributed by atoms with Gasteiger partial charge in [-0.15, -0.1) is 0 Å². The molecule has 0 fully saturated rings. The number of allylic oxidation sites excluding steroid dienone is 1. The summed E-state index contributed by atoms with van der Waals surface area (Å²) in [5, 5.41) is 10.8. The van der Waals surface area contributed by atoms with Gasteiger partial charge in [-0.2, -0.15) is 5.26 Å². The van der Waals surface area contributed by atoms with E-state index in [1.54, 1.807) is 48.5 Å². The van der Waals surface area contributed by atoms with E-state index in [-0.39, 0.29) is 35.4 Å². The van der Waals surface area contributed by atoms with Crippen molar-refractivity contribution in [3.63, 3.8) is 0 Å². The topological polar surface area (TPSA) is 108 Å². The highest BCUT2D eigenvalue weighted by atomic mass is 19.1. The number of benzene rings is 4. The van der Waals surface area contributed by atoms with Crippen LogP contribution in [0.25, 0.3) is 11.0 Å². The SMILES string of the molecule is Cc1ccc2oc(C(=O)Oc3ccc4c(c3)OC(N)=C(C#N)C4c3ccc(OCc4ccccc4F)cc3)c(C)c2c1. The van der Waals surface area contributed by atoms with Crippen LogP contribution >= 0.6 is 0 Å². The van der Waals surface area contributed by atoms with Gasteiger partial charge in [0.15, 0.2) is 0 Å². The van der Waals surface area contributed by atoms with Gasteiger partial charge in [-0.1, -0.05) is 48.0 Å². The summed E-state index contributed by atoms with van der Waals surface area (Å²) in [5.41, 5.74) is 10.7.